The highest BCUT2D eigenvalue weighted by molar-refractivity contribution is 7.10. The Morgan fingerprint density at radius 2 is 2.00 bits per heavy atom. The Hall–Kier alpha value is -2.71. The molecular weight excluding hydrogens is 382 g/mol. The van der Waals surface area contributed by atoms with Gasteiger partial charge in [-0.25, -0.2) is 9.67 Å². The van der Waals surface area contributed by atoms with Crippen molar-refractivity contribution in [3.05, 3.63) is 64.9 Å². The summed E-state index contributed by atoms with van der Waals surface area (Å²) in [5.74, 6) is 0.825. The third kappa shape index (κ3) is 5.02. The molecule has 0 radical (unpaired) electrons. The van der Waals surface area contributed by atoms with Gasteiger partial charge < -0.3 is 10.6 Å². The Labute approximate surface area is 175 Å². The van der Waals surface area contributed by atoms with Gasteiger partial charge in [0.25, 0.3) is 0 Å². The van der Waals surface area contributed by atoms with Crippen LogP contribution in [-0.4, -0.2) is 52.3 Å². The summed E-state index contributed by atoms with van der Waals surface area (Å²) < 4.78 is 1.75. The van der Waals surface area contributed by atoms with Gasteiger partial charge in [0.1, 0.15) is 12.7 Å². The number of thiophene rings is 1. The van der Waals surface area contributed by atoms with E-state index in [9.17, 15) is 0 Å². The highest BCUT2D eigenvalue weighted by Gasteiger charge is 2.24. The minimum Gasteiger partial charge on any atom is -0.354 e. The number of hydrogen-bond acceptors (Lipinski definition) is 5. The van der Waals surface area contributed by atoms with Crippen LogP contribution in [0.4, 0.5) is 0 Å². The molecule has 7 nitrogen and oxygen atoms in total. The minimum atomic E-state index is 0.401. The lowest BCUT2D eigenvalue weighted by Crippen LogP contribution is -2.42. The SMILES string of the molecule is CN=C(NCc1ccc(-n2cncn2)cc1)NCC(c1cccs1)N1CCCC1. The Balaban J connectivity index is 1.32. The zero-order chi connectivity index (χ0) is 19.9. The van der Waals surface area contributed by atoms with E-state index in [1.54, 1.807) is 11.0 Å². The molecule has 0 amide bonds. The van der Waals surface area contributed by atoms with Crippen LogP contribution in [0, 0.1) is 0 Å². The highest BCUT2D eigenvalue weighted by atomic mass is 32.1. The van der Waals surface area contributed by atoms with Crippen molar-refractivity contribution >= 4 is 17.3 Å². The summed E-state index contributed by atoms with van der Waals surface area (Å²) in [7, 11) is 1.82. The van der Waals surface area contributed by atoms with Crippen molar-refractivity contribution in [1.29, 1.82) is 0 Å². The second-order valence-electron chi connectivity index (χ2n) is 7.09. The molecule has 29 heavy (non-hydrogen) atoms. The molecule has 1 atom stereocenters. The minimum absolute atomic E-state index is 0.401. The number of hydrogen-bond donors (Lipinski definition) is 2. The van der Waals surface area contributed by atoms with E-state index in [-0.39, 0.29) is 0 Å². The molecule has 1 aliphatic heterocycles. The maximum Gasteiger partial charge on any atom is 0.191 e. The van der Waals surface area contributed by atoms with Gasteiger partial charge in [0.2, 0.25) is 0 Å². The fourth-order valence-corrected chi connectivity index (χ4v) is 4.51. The van der Waals surface area contributed by atoms with E-state index in [0.29, 0.717) is 12.6 Å². The molecule has 3 aromatic rings. The largest absolute Gasteiger partial charge is 0.354 e. The number of guanidine groups is 1. The third-order valence-corrected chi connectivity index (χ3v) is 6.19. The van der Waals surface area contributed by atoms with Gasteiger partial charge in [-0.2, -0.15) is 5.10 Å². The fourth-order valence-electron chi connectivity index (χ4n) is 3.65. The van der Waals surface area contributed by atoms with Crippen LogP contribution >= 0.6 is 11.3 Å². The molecule has 4 rings (SSSR count). The summed E-state index contributed by atoms with van der Waals surface area (Å²) in [5.41, 5.74) is 2.18. The summed E-state index contributed by atoms with van der Waals surface area (Å²) in [6.07, 6.45) is 5.82. The van der Waals surface area contributed by atoms with Crippen LogP contribution in [0.15, 0.2) is 59.4 Å². The van der Waals surface area contributed by atoms with Gasteiger partial charge in [-0.1, -0.05) is 18.2 Å². The van der Waals surface area contributed by atoms with Crippen LogP contribution in [-0.2, 0) is 6.54 Å². The molecule has 1 fully saturated rings. The lowest BCUT2D eigenvalue weighted by molar-refractivity contribution is 0.249. The molecule has 1 aromatic carbocycles. The Kier molecular flexibility index (Phi) is 6.53. The second kappa shape index (κ2) is 9.67. The Bertz CT molecular complexity index is 882. The number of benzene rings is 1. The number of aromatic nitrogens is 3. The predicted molar refractivity (Wildman–Crippen MR) is 117 cm³/mol. The molecule has 2 aromatic heterocycles. The van der Waals surface area contributed by atoms with Crippen LogP contribution < -0.4 is 10.6 Å². The number of nitrogens with zero attached hydrogens (tertiary/aromatic N) is 5. The van der Waals surface area contributed by atoms with E-state index in [1.807, 2.05) is 30.5 Å². The van der Waals surface area contributed by atoms with Gasteiger partial charge in [0.05, 0.1) is 11.7 Å². The van der Waals surface area contributed by atoms with Crippen LogP contribution in [0.1, 0.15) is 29.3 Å². The molecule has 3 heterocycles. The van der Waals surface area contributed by atoms with Gasteiger partial charge in [-0.3, -0.25) is 9.89 Å². The summed E-state index contributed by atoms with van der Waals surface area (Å²) in [6, 6.07) is 13.1. The van der Waals surface area contributed by atoms with Gasteiger partial charge >= 0.3 is 0 Å². The second-order valence-corrected chi connectivity index (χ2v) is 8.07. The number of rotatable bonds is 7. The number of nitrogens with one attached hydrogen (secondary N) is 2. The average Bonchev–Trinajstić information content (AvgIpc) is 3.54. The first kappa shape index (κ1) is 19.6. The van der Waals surface area contributed by atoms with Gasteiger partial charge in [0.15, 0.2) is 5.96 Å². The molecule has 1 saturated heterocycles. The highest BCUT2D eigenvalue weighted by Crippen LogP contribution is 2.27. The lowest BCUT2D eigenvalue weighted by atomic mass is 10.2. The molecule has 8 heteroatoms. The maximum atomic E-state index is 4.40. The first-order valence-corrected chi connectivity index (χ1v) is 10.9. The van der Waals surface area contributed by atoms with Crippen molar-refractivity contribution in [3.63, 3.8) is 0 Å². The third-order valence-electron chi connectivity index (χ3n) is 5.22. The molecule has 0 saturated carbocycles. The van der Waals surface area contributed by atoms with Crippen LogP contribution in [0.2, 0.25) is 0 Å². The van der Waals surface area contributed by atoms with E-state index >= 15 is 0 Å². The monoisotopic (exact) mass is 409 g/mol. The Morgan fingerprint density at radius 1 is 1.17 bits per heavy atom. The quantitative estimate of drug-likeness (QED) is 0.464. The van der Waals surface area contributed by atoms with E-state index in [4.69, 9.17) is 0 Å². The molecule has 2 N–H and O–H groups in total. The van der Waals surface area contributed by atoms with Crippen molar-refractivity contribution in [2.24, 2.45) is 4.99 Å². The van der Waals surface area contributed by atoms with E-state index in [0.717, 1.165) is 18.2 Å². The average molecular weight is 410 g/mol. The van der Waals surface area contributed by atoms with Crippen LogP contribution in [0.25, 0.3) is 5.69 Å². The van der Waals surface area contributed by atoms with E-state index < -0.39 is 0 Å². The summed E-state index contributed by atoms with van der Waals surface area (Å²) in [4.78, 5) is 12.4. The van der Waals surface area contributed by atoms with E-state index in [1.165, 1.54) is 42.7 Å². The normalized spacial score (nSPS) is 16.1. The van der Waals surface area contributed by atoms with Gasteiger partial charge in [0, 0.05) is 25.0 Å². The maximum absolute atomic E-state index is 4.40. The van der Waals surface area contributed by atoms with Crippen molar-refractivity contribution in [1.82, 2.24) is 30.3 Å². The smallest absolute Gasteiger partial charge is 0.191 e. The lowest BCUT2D eigenvalue weighted by Gasteiger charge is -2.27. The zero-order valence-corrected chi connectivity index (χ0v) is 17.5. The van der Waals surface area contributed by atoms with Gasteiger partial charge in [-0.05, 0) is 55.1 Å². The molecule has 0 bridgehead atoms. The molecule has 1 aliphatic rings. The van der Waals surface area contributed by atoms with E-state index in [2.05, 4.69) is 60.3 Å². The van der Waals surface area contributed by atoms with Gasteiger partial charge in [-0.15, -0.1) is 11.3 Å². The predicted octanol–water partition coefficient (Wildman–Crippen LogP) is 2.83. The van der Waals surface area contributed by atoms with Crippen molar-refractivity contribution in [2.45, 2.75) is 25.4 Å². The Morgan fingerprint density at radius 3 is 2.66 bits per heavy atom. The zero-order valence-electron chi connectivity index (χ0n) is 16.7. The molecular formula is C21H27N7S. The number of aliphatic imine (C=N–C) groups is 1. The summed E-state index contributed by atoms with van der Waals surface area (Å²) in [5, 5.41) is 13.3. The summed E-state index contributed by atoms with van der Waals surface area (Å²) >= 11 is 1.83. The molecule has 0 spiro atoms. The van der Waals surface area contributed by atoms with Crippen molar-refractivity contribution in [3.8, 4) is 5.69 Å². The van der Waals surface area contributed by atoms with Crippen LogP contribution in [0.3, 0.4) is 0 Å². The molecule has 152 valence electrons. The van der Waals surface area contributed by atoms with Crippen molar-refractivity contribution < 1.29 is 0 Å². The van der Waals surface area contributed by atoms with Crippen LogP contribution in [0.5, 0.6) is 0 Å². The first-order valence-electron chi connectivity index (χ1n) is 9.99. The topological polar surface area (TPSA) is 70.4 Å². The standard InChI is InChI=1S/C21H27N7S/c1-22-21(24-13-17-6-8-18(9-7-17)28-16-23-15-26-28)25-14-19(20-5-4-12-29-20)27-10-2-3-11-27/h4-9,12,15-16,19H,2-3,10-11,13-14H2,1H3,(H2,22,24,25). The molecule has 1 unspecified atom stereocenters. The fraction of sp³-hybridized carbons (Fsp3) is 0.381. The molecule has 0 aliphatic carbocycles. The van der Waals surface area contributed by atoms with Crippen molar-refractivity contribution in [2.75, 3.05) is 26.7 Å². The number of likely N-dealkylation sites (tertiary alicyclic amines) is 1. The summed E-state index contributed by atoms with van der Waals surface area (Å²) in [6.45, 7) is 3.92. The first-order chi connectivity index (χ1) is 14.3.